The fraction of sp³-hybridized carbons (Fsp3) is 0.641. The lowest BCUT2D eigenvalue weighted by molar-refractivity contribution is -0.172. The molecule has 44 heavy (non-hydrogen) atoms. The predicted molar refractivity (Wildman–Crippen MR) is 173 cm³/mol. The van der Waals surface area contributed by atoms with Gasteiger partial charge in [0.1, 0.15) is 6.07 Å². The van der Waals surface area contributed by atoms with Crippen LogP contribution in [0.2, 0.25) is 0 Å². The van der Waals surface area contributed by atoms with E-state index in [1.165, 1.54) is 0 Å². The number of fused-ring (bicyclic) bond motifs is 7. The van der Waals surface area contributed by atoms with Crippen molar-refractivity contribution in [2.45, 2.75) is 106 Å². The molecule has 0 saturated heterocycles. The Bertz CT molecular complexity index is 1510. The molecule has 1 aromatic carbocycles. The Morgan fingerprint density at radius 3 is 2.32 bits per heavy atom. The zero-order valence-corrected chi connectivity index (χ0v) is 27.8. The van der Waals surface area contributed by atoms with E-state index >= 15 is 0 Å². The number of ketones is 2. The maximum absolute atomic E-state index is 14.7. The van der Waals surface area contributed by atoms with Crippen molar-refractivity contribution in [3.05, 3.63) is 53.6 Å². The molecule has 5 heteroatoms. The number of anilines is 1. The van der Waals surface area contributed by atoms with Gasteiger partial charge in [-0.25, -0.2) is 0 Å². The number of amides is 1. The average molecular weight is 595 g/mol. The van der Waals surface area contributed by atoms with Crippen LogP contribution in [0, 0.1) is 61.6 Å². The van der Waals surface area contributed by atoms with Gasteiger partial charge in [-0.1, -0.05) is 78.3 Å². The highest BCUT2D eigenvalue weighted by Crippen LogP contribution is 2.75. The van der Waals surface area contributed by atoms with Gasteiger partial charge >= 0.3 is 0 Å². The summed E-state index contributed by atoms with van der Waals surface area (Å²) in [5.41, 5.74) is 0.691. The van der Waals surface area contributed by atoms with Crippen molar-refractivity contribution in [3.63, 3.8) is 0 Å². The highest BCUT2D eigenvalue weighted by molar-refractivity contribution is 6.04. The summed E-state index contributed by atoms with van der Waals surface area (Å²) in [4.78, 5) is 41.2. The molecular weight excluding hydrogens is 544 g/mol. The van der Waals surface area contributed by atoms with Gasteiger partial charge in [0.2, 0.25) is 5.91 Å². The highest BCUT2D eigenvalue weighted by atomic mass is 16.1. The van der Waals surface area contributed by atoms with Gasteiger partial charge < -0.3 is 5.32 Å². The predicted octanol–water partition coefficient (Wildman–Crippen LogP) is 8.62. The molecule has 3 fully saturated rings. The Hall–Kier alpha value is -3.00. The lowest BCUT2D eigenvalue weighted by atomic mass is 9.34. The van der Waals surface area contributed by atoms with Crippen LogP contribution in [-0.2, 0) is 14.4 Å². The zero-order chi connectivity index (χ0) is 31.9. The minimum atomic E-state index is -0.660. The third kappa shape index (κ3) is 4.33. The van der Waals surface area contributed by atoms with E-state index in [1.54, 1.807) is 0 Å². The van der Waals surface area contributed by atoms with E-state index in [1.807, 2.05) is 56.3 Å². The second-order valence-electron chi connectivity index (χ2n) is 17.0. The normalized spacial score (nSPS) is 40.2. The van der Waals surface area contributed by atoms with Crippen molar-refractivity contribution in [3.8, 4) is 6.07 Å². The first-order chi connectivity index (χ1) is 20.5. The topological polar surface area (TPSA) is 87.0 Å². The van der Waals surface area contributed by atoms with Crippen molar-refractivity contribution in [2.24, 2.45) is 50.2 Å². The summed E-state index contributed by atoms with van der Waals surface area (Å²) in [6.45, 7) is 15.6. The Kier molecular flexibility index (Phi) is 7.05. The van der Waals surface area contributed by atoms with Crippen LogP contribution >= 0.6 is 0 Å². The van der Waals surface area contributed by atoms with Crippen LogP contribution in [0.5, 0.6) is 0 Å². The van der Waals surface area contributed by atoms with Crippen LogP contribution in [0.1, 0.15) is 106 Å². The van der Waals surface area contributed by atoms with Gasteiger partial charge in [-0.15, -0.1) is 0 Å². The Labute approximate surface area is 263 Å². The molecular formula is C39H50N2O3. The Balaban J connectivity index is 1.39. The number of para-hydroxylation sites is 1. The van der Waals surface area contributed by atoms with Crippen molar-refractivity contribution in [1.29, 1.82) is 5.26 Å². The molecule has 5 aliphatic carbocycles. The first-order valence-electron chi connectivity index (χ1n) is 16.8. The van der Waals surface area contributed by atoms with E-state index in [-0.39, 0.29) is 62.5 Å². The van der Waals surface area contributed by atoms with Gasteiger partial charge in [0.25, 0.3) is 0 Å². The zero-order valence-electron chi connectivity index (χ0n) is 27.8. The summed E-state index contributed by atoms with van der Waals surface area (Å²) in [7, 11) is 0. The number of hydrogen-bond acceptors (Lipinski definition) is 4. The van der Waals surface area contributed by atoms with Gasteiger partial charge in [-0.05, 0) is 103 Å². The molecule has 0 aromatic heterocycles. The molecule has 5 aliphatic rings. The van der Waals surface area contributed by atoms with Crippen molar-refractivity contribution < 1.29 is 14.4 Å². The number of Topliss-reactive ketones (excluding diaryl/α,β-unsaturated/α-hetero) is 1. The fourth-order valence-corrected chi connectivity index (χ4v) is 11.3. The number of hydrogen-bond donors (Lipinski definition) is 1. The number of nitrogens with zero attached hydrogens (tertiary/aromatic N) is 1. The molecule has 1 amide bonds. The third-order valence-electron chi connectivity index (χ3n) is 13.9. The number of benzene rings is 1. The van der Waals surface area contributed by atoms with E-state index in [0.717, 1.165) is 62.6 Å². The number of carbonyl (C=O) groups excluding carboxylic acids is 3. The van der Waals surface area contributed by atoms with Crippen LogP contribution < -0.4 is 5.32 Å². The number of rotatable bonds is 4. The maximum Gasteiger partial charge on any atom is 0.224 e. The van der Waals surface area contributed by atoms with Crippen LogP contribution in [0.4, 0.5) is 5.69 Å². The van der Waals surface area contributed by atoms with E-state index in [0.29, 0.717) is 6.42 Å². The summed E-state index contributed by atoms with van der Waals surface area (Å²) in [5.74, 6) is 0.375. The third-order valence-corrected chi connectivity index (χ3v) is 13.9. The Morgan fingerprint density at radius 1 is 0.955 bits per heavy atom. The lowest BCUT2D eigenvalue weighted by Gasteiger charge is -2.69. The summed E-state index contributed by atoms with van der Waals surface area (Å²) >= 11 is 0. The molecule has 2 unspecified atom stereocenters. The summed E-state index contributed by atoms with van der Waals surface area (Å²) < 4.78 is 0. The average Bonchev–Trinajstić information content (AvgIpc) is 2.96. The first-order valence-corrected chi connectivity index (χ1v) is 16.8. The van der Waals surface area contributed by atoms with E-state index in [9.17, 15) is 19.6 Å². The molecule has 3 saturated carbocycles. The van der Waals surface area contributed by atoms with Crippen molar-refractivity contribution >= 4 is 23.2 Å². The summed E-state index contributed by atoms with van der Waals surface area (Å²) in [6, 6.07) is 11.9. The van der Waals surface area contributed by atoms with Gasteiger partial charge in [0.15, 0.2) is 11.6 Å². The molecule has 1 N–H and O–H groups in total. The smallest absolute Gasteiger partial charge is 0.224 e. The second-order valence-corrected chi connectivity index (χ2v) is 17.0. The van der Waals surface area contributed by atoms with Gasteiger partial charge in [-0.2, -0.15) is 5.26 Å². The van der Waals surface area contributed by atoms with Crippen LogP contribution in [0.3, 0.4) is 0 Å². The molecule has 0 spiro atoms. The van der Waals surface area contributed by atoms with Crippen LogP contribution in [0.25, 0.3) is 0 Å². The number of nitriles is 1. The molecule has 1 aromatic rings. The second kappa shape index (κ2) is 10.0. The summed E-state index contributed by atoms with van der Waals surface area (Å²) in [5, 5.41) is 13.1. The molecule has 0 aliphatic heterocycles. The maximum atomic E-state index is 14.7. The van der Waals surface area contributed by atoms with Gasteiger partial charge in [0, 0.05) is 28.9 Å². The lowest BCUT2D eigenvalue weighted by Crippen LogP contribution is -2.64. The standard InChI is InChI=1S/C39H50N2O3/c1-34(2)17-19-39(16-14-31(43)41-26-11-9-8-10-12-26)20-18-38(7)32(27(39)23-34)28(42)21-30-36(5)22-25(24-40)33(44)35(3,4)29(36)13-15-37(30,38)6/h8-12,21-22,27,29,32H,13-20,23H2,1-7H3,(H,41,43)/t27?,29-,32?,36-,37+,38+,39+/m0/s1. The quantitative estimate of drug-likeness (QED) is 0.378. The molecule has 0 bridgehead atoms. The molecule has 5 nitrogen and oxygen atoms in total. The van der Waals surface area contributed by atoms with E-state index in [4.69, 9.17) is 0 Å². The van der Waals surface area contributed by atoms with Crippen LogP contribution in [0.15, 0.2) is 53.6 Å². The Morgan fingerprint density at radius 2 is 1.64 bits per heavy atom. The van der Waals surface area contributed by atoms with Gasteiger partial charge in [0.05, 0.1) is 5.57 Å². The van der Waals surface area contributed by atoms with Crippen LogP contribution in [-0.4, -0.2) is 17.5 Å². The molecule has 6 rings (SSSR count). The van der Waals surface area contributed by atoms with E-state index < -0.39 is 10.8 Å². The number of nitrogens with one attached hydrogen (secondary N) is 1. The monoisotopic (exact) mass is 594 g/mol. The highest BCUT2D eigenvalue weighted by Gasteiger charge is 2.69. The van der Waals surface area contributed by atoms with Crippen molar-refractivity contribution in [2.75, 3.05) is 5.32 Å². The summed E-state index contributed by atoms with van der Waals surface area (Å²) in [6.07, 6.45) is 12.2. The molecule has 7 atom stereocenters. The van der Waals surface area contributed by atoms with Crippen molar-refractivity contribution in [1.82, 2.24) is 0 Å². The first kappa shape index (κ1) is 31.0. The molecule has 0 heterocycles. The number of carbonyl (C=O) groups is 3. The fourth-order valence-electron chi connectivity index (χ4n) is 11.3. The largest absolute Gasteiger partial charge is 0.326 e. The molecule has 234 valence electrons. The number of allylic oxidation sites excluding steroid dienone is 4. The molecule has 0 radical (unpaired) electrons. The SMILES string of the molecule is CC1(C)CC[C@]2(CCC(=O)Nc3ccccc3)CC[C@]3(C)C(C(=O)C=C4[C@@]5(C)C=C(C#N)C(=O)C(C)(C)[C@@H]5CC[C@]43C)C2C1. The minimum Gasteiger partial charge on any atom is -0.326 e. The van der Waals surface area contributed by atoms with E-state index in [2.05, 4.69) is 46.0 Å². The minimum absolute atomic E-state index is 0.0285. The van der Waals surface area contributed by atoms with Gasteiger partial charge in [-0.3, -0.25) is 14.4 Å².